The van der Waals surface area contributed by atoms with E-state index in [-0.39, 0.29) is 30.1 Å². The van der Waals surface area contributed by atoms with Gasteiger partial charge in [0.05, 0.1) is 23.5 Å². The van der Waals surface area contributed by atoms with E-state index in [1.165, 1.54) is 12.1 Å². The van der Waals surface area contributed by atoms with Crippen molar-refractivity contribution in [3.05, 3.63) is 69.3 Å². The fourth-order valence-corrected chi connectivity index (χ4v) is 5.52. The van der Waals surface area contributed by atoms with Crippen LogP contribution >= 0.6 is 0 Å². The van der Waals surface area contributed by atoms with Crippen LogP contribution in [0.25, 0.3) is 10.9 Å². The van der Waals surface area contributed by atoms with Crippen LogP contribution < -0.4 is 21.1 Å². The number of carbonyl (C=O) groups excluding carboxylic acids is 2. The average Bonchev–Trinajstić information content (AvgIpc) is 3.41. The number of carboxylic acid groups (broad SMARTS) is 3. The van der Waals surface area contributed by atoms with Crippen molar-refractivity contribution < 1.29 is 39.3 Å². The second-order valence-electron chi connectivity index (χ2n) is 10.9. The van der Waals surface area contributed by atoms with Crippen LogP contribution in [-0.4, -0.2) is 73.6 Å². The molecular formula is C32H33N5O9. The number of rotatable bonds is 14. The number of aryl methyl sites for hydroxylation is 2. The summed E-state index contributed by atoms with van der Waals surface area (Å²) in [6.45, 7) is 1.96. The van der Waals surface area contributed by atoms with E-state index in [1.54, 1.807) is 19.1 Å². The molecule has 1 aliphatic carbocycles. The van der Waals surface area contributed by atoms with E-state index in [1.807, 2.05) is 17.0 Å². The third kappa shape index (κ3) is 7.86. The van der Waals surface area contributed by atoms with Gasteiger partial charge in [0.15, 0.2) is 0 Å². The van der Waals surface area contributed by atoms with E-state index in [4.69, 9.17) is 16.6 Å². The first-order valence-corrected chi connectivity index (χ1v) is 14.5. The number of aliphatic carboxylic acids is 3. The molecule has 0 saturated carbocycles. The first-order valence-electron chi connectivity index (χ1n) is 14.5. The summed E-state index contributed by atoms with van der Waals surface area (Å²) in [6, 6.07) is 7.06. The van der Waals surface area contributed by atoms with Crippen LogP contribution in [0, 0.1) is 19.3 Å². The molecule has 0 unspecified atom stereocenters. The van der Waals surface area contributed by atoms with Crippen LogP contribution in [0.2, 0.25) is 0 Å². The maximum Gasteiger partial charge on any atom is 0.326 e. The number of hydrogen-bond acceptors (Lipinski definition) is 8. The second-order valence-corrected chi connectivity index (χ2v) is 10.9. The third-order valence-electron chi connectivity index (χ3n) is 7.76. The molecule has 0 bridgehead atoms. The van der Waals surface area contributed by atoms with Crippen LogP contribution in [0.1, 0.15) is 65.5 Å². The highest BCUT2D eigenvalue weighted by Gasteiger charge is 2.30. The Morgan fingerprint density at radius 2 is 1.67 bits per heavy atom. The zero-order valence-corrected chi connectivity index (χ0v) is 24.9. The van der Waals surface area contributed by atoms with Crippen molar-refractivity contribution in [2.45, 2.75) is 63.6 Å². The third-order valence-corrected chi connectivity index (χ3v) is 7.76. The van der Waals surface area contributed by atoms with Gasteiger partial charge in [0.25, 0.3) is 11.5 Å². The normalized spacial score (nSPS) is 14.8. The molecule has 240 valence electrons. The highest BCUT2D eigenvalue weighted by molar-refractivity contribution is 5.98. The molecule has 6 N–H and O–H groups in total. The van der Waals surface area contributed by atoms with E-state index in [0.717, 1.165) is 24.0 Å². The molecule has 0 aliphatic heterocycles. The molecule has 2 aromatic carbocycles. The van der Waals surface area contributed by atoms with Gasteiger partial charge in [0.1, 0.15) is 17.9 Å². The molecule has 14 heteroatoms. The van der Waals surface area contributed by atoms with E-state index >= 15 is 0 Å². The fourth-order valence-electron chi connectivity index (χ4n) is 5.52. The number of carboxylic acids is 3. The van der Waals surface area contributed by atoms with Gasteiger partial charge >= 0.3 is 17.9 Å². The Balaban J connectivity index is 1.53. The minimum absolute atomic E-state index is 0.143. The Morgan fingerprint density at radius 1 is 1.02 bits per heavy atom. The lowest BCUT2D eigenvalue weighted by molar-refractivity contribution is -0.143. The first kappa shape index (κ1) is 33.2. The fraction of sp³-hybridized carbons (Fsp3) is 0.344. The Morgan fingerprint density at radius 3 is 2.28 bits per heavy atom. The summed E-state index contributed by atoms with van der Waals surface area (Å²) < 4.78 is 0. The van der Waals surface area contributed by atoms with Crippen molar-refractivity contribution in [3.63, 3.8) is 0 Å². The van der Waals surface area contributed by atoms with Crippen LogP contribution in [0.15, 0.2) is 41.2 Å². The molecule has 4 rings (SSSR count). The number of fused-ring (bicyclic) bond motifs is 2. The molecule has 0 spiro atoms. The van der Waals surface area contributed by atoms with Crippen molar-refractivity contribution in [1.82, 2.24) is 20.6 Å². The molecule has 0 radical (unpaired) electrons. The Kier molecular flexibility index (Phi) is 10.4. The van der Waals surface area contributed by atoms with Crippen molar-refractivity contribution in [2.24, 2.45) is 0 Å². The van der Waals surface area contributed by atoms with Gasteiger partial charge in [-0.15, -0.1) is 6.42 Å². The molecule has 14 nitrogen and oxygen atoms in total. The standard InChI is InChI=1S/C32H33N5O9/c1-3-14-37(26-11-6-19-15-25-22(16-21(19)26)30(43)34-17(2)33-25)20-7-4-18(5-8-20)29(42)35-23(9-12-27(38)39)31(44)36-24(32(45)46)10-13-28(40)41/h1,4-5,7-8,15-16,23-24,26H,6,9-14H2,2H3,(H,35,42)(H,36,44)(H,38,39)(H,40,41)(H,45,46)(H,33,34,43)/t23-,24-,26+/m1/s1. The molecular weight excluding hydrogens is 598 g/mol. The smallest absolute Gasteiger partial charge is 0.326 e. The number of nitrogens with zero attached hydrogens (tertiary/aromatic N) is 2. The zero-order chi connectivity index (χ0) is 33.5. The zero-order valence-electron chi connectivity index (χ0n) is 24.9. The summed E-state index contributed by atoms with van der Waals surface area (Å²) in [5.41, 5.74) is 3.25. The van der Waals surface area contributed by atoms with Gasteiger partial charge in [0, 0.05) is 24.1 Å². The minimum Gasteiger partial charge on any atom is -0.481 e. The summed E-state index contributed by atoms with van der Waals surface area (Å²) in [6.07, 6.45) is 5.45. The van der Waals surface area contributed by atoms with Gasteiger partial charge in [-0.2, -0.15) is 0 Å². The molecule has 0 saturated heterocycles. The monoisotopic (exact) mass is 631 g/mol. The maximum absolute atomic E-state index is 13.1. The largest absolute Gasteiger partial charge is 0.481 e. The number of aromatic amines is 1. The number of carbonyl (C=O) groups is 5. The maximum atomic E-state index is 13.1. The number of H-pyrrole nitrogens is 1. The first-order chi connectivity index (χ1) is 21.9. The molecule has 0 fully saturated rings. The molecule has 3 atom stereocenters. The Labute approximate surface area is 262 Å². The van der Waals surface area contributed by atoms with Crippen molar-refractivity contribution >= 4 is 46.3 Å². The number of benzene rings is 2. The lowest BCUT2D eigenvalue weighted by Gasteiger charge is -2.30. The summed E-state index contributed by atoms with van der Waals surface area (Å²) in [5, 5.41) is 32.5. The number of nitrogens with one attached hydrogen (secondary N) is 3. The van der Waals surface area contributed by atoms with Crippen molar-refractivity contribution in [2.75, 3.05) is 11.4 Å². The van der Waals surface area contributed by atoms with Gasteiger partial charge in [-0.3, -0.25) is 24.0 Å². The topological polar surface area (TPSA) is 219 Å². The molecule has 1 heterocycles. The molecule has 1 aliphatic rings. The van der Waals surface area contributed by atoms with Gasteiger partial charge < -0.3 is 35.8 Å². The van der Waals surface area contributed by atoms with E-state index in [2.05, 4.69) is 26.5 Å². The summed E-state index contributed by atoms with van der Waals surface area (Å²) in [4.78, 5) is 81.4. The number of hydrogen-bond donors (Lipinski definition) is 6. The summed E-state index contributed by atoms with van der Waals surface area (Å²) in [7, 11) is 0. The number of anilines is 1. The Hall–Kier alpha value is -5.71. The van der Waals surface area contributed by atoms with Crippen LogP contribution in [0.3, 0.4) is 0 Å². The van der Waals surface area contributed by atoms with Crippen molar-refractivity contribution in [1.29, 1.82) is 0 Å². The quantitative estimate of drug-likeness (QED) is 0.141. The lowest BCUT2D eigenvalue weighted by Crippen LogP contribution is -2.51. The van der Waals surface area contributed by atoms with E-state index < -0.39 is 61.1 Å². The predicted molar refractivity (Wildman–Crippen MR) is 165 cm³/mol. The molecule has 3 aromatic rings. The van der Waals surface area contributed by atoms with Gasteiger partial charge in [-0.05, 0) is 80.1 Å². The minimum atomic E-state index is -1.55. The van der Waals surface area contributed by atoms with Crippen LogP contribution in [-0.2, 0) is 25.6 Å². The number of terminal acetylenes is 1. The highest BCUT2D eigenvalue weighted by Crippen LogP contribution is 2.39. The Bertz CT molecular complexity index is 1780. The summed E-state index contributed by atoms with van der Waals surface area (Å²) >= 11 is 0. The van der Waals surface area contributed by atoms with Gasteiger partial charge in [-0.1, -0.05) is 5.92 Å². The molecule has 1 aromatic heterocycles. The van der Waals surface area contributed by atoms with Gasteiger partial charge in [-0.25, -0.2) is 9.78 Å². The van der Waals surface area contributed by atoms with Crippen LogP contribution in [0.4, 0.5) is 5.69 Å². The second kappa shape index (κ2) is 14.4. The molecule has 46 heavy (non-hydrogen) atoms. The molecule has 2 amide bonds. The SMILES string of the molecule is C#CCN(c1ccc(C(=O)N[C@H](CCC(=O)O)C(=O)N[C@H](CCC(=O)O)C(=O)O)cc1)[C@H]1CCc2cc3nc(C)[nH]c(=O)c3cc21. The number of aromatic nitrogens is 2. The van der Waals surface area contributed by atoms with Gasteiger partial charge in [0.2, 0.25) is 5.91 Å². The predicted octanol–water partition coefficient (Wildman–Crippen LogP) is 1.76. The highest BCUT2D eigenvalue weighted by atomic mass is 16.4. The summed E-state index contributed by atoms with van der Waals surface area (Å²) in [5.74, 6) is -2.43. The number of amides is 2. The van der Waals surface area contributed by atoms with Crippen LogP contribution in [0.5, 0.6) is 0 Å². The lowest BCUT2D eigenvalue weighted by atomic mass is 10.0. The van der Waals surface area contributed by atoms with E-state index in [9.17, 15) is 33.9 Å². The van der Waals surface area contributed by atoms with E-state index in [0.29, 0.717) is 22.4 Å². The van der Waals surface area contributed by atoms with Crippen molar-refractivity contribution in [3.8, 4) is 12.3 Å². The average molecular weight is 632 g/mol.